The number of rotatable bonds is 8. The predicted molar refractivity (Wildman–Crippen MR) is 143 cm³/mol. The van der Waals surface area contributed by atoms with Crippen LogP contribution in [-0.2, 0) is 25.7 Å². The average molecular weight is 522 g/mol. The van der Waals surface area contributed by atoms with E-state index in [1.54, 1.807) is 14.7 Å². The first kappa shape index (κ1) is 26.6. The molecule has 1 unspecified atom stereocenters. The van der Waals surface area contributed by atoms with Crippen molar-refractivity contribution in [2.45, 2.75) is 63.9 Å². The Kier molecular flexibility index (Phi) is 7.47. The van der Waals surface area contributed by atoms with Gasteiger partial charge in [-0.15, -0.1) is 0 Å². The molecule has 1 spiro atoms. The van der Waals surface area contributed by atoms with Crippen molar-refractivity contribution >= 4 is 17.7 Å². The minimum Gasteiger partial charge on any atom is -0.394 e. The normalized spacial score (nSPS) is 31.4. The zero-order valence-corrected chi connectivity index (χ0v) is 22.5. The highest BCUT2D eigenvalue weighted by molar-refractivity contribution is 6.00. The van der Waals surface area contributed by atoms with Crippen molar-refractivity contribution in [2.24, 2.45) is 17.8 Å². The van der Waals surface area contributed by atoms with E-state index >= 15 is 0 Å². The number of ether oxygens (including phenoxy) is 1. The molecule has 0 aromatic heterocycles. The molecule has 0 bridgehead atoms. The number of aliphatic hydroxyl groups excluding tert-OH is 1. The lowest BCUT2D eigenvalue weighted by Gasteiger charge is -2.39. The van der Waals surface area contributed by atoms with Gasteiger partial charge in [0.2, 0.25) is 17.7 Å². The first-order valence-corrected chi connectivity index (χ1v) is 13.9. The molecule has 1 aromatic rings. The van der Waals surface area contributed by atoms with E-state index in [2.05, 4.69) is 0 Å². The summed E-state index contributed by atoms with van der Waals surface area (Å²) in [6.45, 7) is 7.68. The van der Waals surface area contributed by atoms with Gasteiger partial charge in [-0.3, -0.25) is 14.4 Å². The number of fused-ring (bicyclic) bond motifs is 2. The third-order valence-electron chi connectivity index (χ3n) is 8.32. The van der Waals surface area contributed by atoms with E-state index in [1.807, 2.05) is 75.4 Å². The first-order chi connectivity index (χ1) is 18.3. The Morgan fingerprint density at radius 3 is 2.45 bits per heavy atom. The number of benzene rings is 1. The fourth-order valence-electron chi connectivity index (χ4n) is 6.81. The first-order valence-electron chi connectivity index (χ1n) is 13.9. The van der Waals surface area contributed by atoms with E-state index in [-0.39, 0.29) is 30.2 Å². The fraction of sp³-hybridized carbons (Fsp3) is 0.567. The molecule has 6 atom stereocenters. The highest BCUT2D eigenvalue weighted by Crippen LogP contribution is 2.54. The van der Waals surface area contributed by atoms with Crippen LogP contribution in [0, 0.1) is 17.8 Å². The second-order valence-electron chi connectivity index (χ2n) is 11.4. The Labute approximate surface area is 224 Å². The minimum atomic E-state index is -1.27. The molecule has 2 fully saturated rings. The van der Waals surface area contributed by atoms with Gasteiger partial charge in [-0.05, 0) is 24.3 Å². The molecule has 3 amide bonds. The van der Waals surface area contributed by atoms with Crippen molar-refractivity contribution in [3.63, 3.8) is 0 Å². The second kappa shape index (κ2) is 10.7. The zero-order chi connectivity index (χ0) is 27.0. The lowest BCUT2D eigenvalue weighted by Crippen LogP contribution is -2.58. The quantitative estimate of drug-likeness (QED) is 0.531. The van der Waals surface area contributed by atoms with Crippen molar-refractivity contribution in [2.75, 3.05) is 26.2 Å². The monoisotopic (exact) mass is 521 g/mol. The lowest BCUT2D eigenvalue weighted by atomic mass is 9.77. The smallest absolute Gasteiger partial charge is 0.249 e. The zero-order valence-electron chi connectivity index (χ0n) is 22.5. The van der Waals surface area contributed by atoms with Gasteiger partial charge < -0.3 is 24.5 Å². The van der Waals surface area contributed by atoms with Gasteiger partial charge in [0.05, 0.1) is 30.6 Å². The summed E-state index contributed by atoms with van der Waals surface area (Å²) in [7, 11) is 0. The van der Waals surface area contributed by atoms with E-state index < -0.39 is 35.6 Å². The van der Waals surface area contributed by atoms with E-state index in [0.717, 1.165) is 12.0 Å². The lowest BCUT2D eigenvalue weighted by molar-refractivity contribution is -0.152. The molecule has 1 N–H and O–H groups in total. The summed E-state index contributed by atoms with van der Waals surface area (Å²) < 4.78 is 6.69. The summed E-state index contributed by atoms with van der Waals surface area (Å²) in [5.74, 6) is -1.93. The largest absolute Gasteiger partial charge is 0.394 e. The van der Waals surface area contributed by atoms with Crippen LogP contribution in [0.15, 0.2) is 54.6 Å². The molecule has 38 heavy (non-hydrogen) atoms. The molecular weight excluding hydrogens is 482 g/mol. The molecule has 0 aliphatic carbocycles. The maximum Gasteiger partial charge on any atom is 0.249 e. The summed E-state index contributed by atoms with van der Waals surface area (Å²) in [5.41, 5.74) is -0.279. The van der Waals surface area contributed by atoms with E-state index in [9.17, 15) is 19.5 Å². The van der Waals surface area contributed by atoms with Gasteiger partial charge in [-0.1, -0.05) is 75.4 Å². The molecule has 204 valence electrons. The molecule has 5 rings (SSSR count). The third kappa shape index (κ3) is 4.37. The van der Waals surface area contributed by atoms with Gasteiger partial charge in [0.25, 0.3) is 0 Å². The number of carbonyl (C=O) groups excluding carboxylic acids is 3. The number of likely N-dealkylation sites (tertiary alicyclic amines) is 1. The molecule has 1 aromatic carbocycles. The van der Waals surface area contributed by atoms with Gasteiger partial charge in [-0.25, -0.2) is 0 Å². The fourth-order valence-corrected chi connectivity index (χ4v) is 6.81. The second-order valence-corrected chi connectivity index (χ2v) is 11.4. The summed E-state index contributed by atoms with van der Waals surface area (Å²) in [6.07, 6.45) is 8.37. The highest BCUT2D eigenvalue weighted by atomic mass is 16.5. The van der Waals surface area contributed by atoms with Gasteiger partial charge in [-0.2, -0.15) is 0 Å². The van der Waals surface area contributed by atoms with Crippen molar-refractivity contribution in [3.05, 3.63) is 60.2 Å². The summed E-state index contributed by atoms with van der Waals surface area (Å²) in [5, 5.41) is 10.4. The minimum absolute atomic E-state index is 0.103. The molecular formula is C30H39N3O5. The molecule has 0 radical (unpaired) electrons. The molecule has 8 nitrogen and oxygen atoms in total. The Hall–Kier alpha value is -2.97. The number of amides is 3. The number of hydrogen-bond acceptors (Lipinski definition) is 5. The van der Waals surface area contributed by atoms with Gasteiger partial charge >= 0.3 is 0 Å². The van der Waals surface area contributed by atoms with Gasteiger partial charge in [0, 0.05) is 26.2 Å². The van der Waals surface area contributed by atoms with E-state index in [1.165, 1.54) is 0 Å². The number of nitrogens with zero attached hydrogens (tertiary/aromatic N) is 3. The van der Waals surface area contributed by atoms with Crippen LogP contribution >= 0.6 is 0 Å². The Morgan fingerprint density at radius 2 is 1.76 bits per heavy atom. The van der Waals surface area contributed by atoms with Crippen LogP contribution in [0.3, 0.4) is 0 Å². The summed E-state index contributed by atoms with van der Waals surface area (Å²) >= 11 is 0. The van der Waals surface area contributed by atoms with Crippen LogP contribution in [0.1, 0.15) is 39.2 Å². The van der Waals surface area contributed by atoms with Crippen LogP contribution in [0.4, 0.5) is 0 Å². The SMILES string of the molecule is CCCN1CC=C[C@@H]2O[C@]34C=CCN(Cc5ccccc5)C(=O)C3N([C@@H](CO)CC(C)C)C(=O)[C@@H]4[C@@H]2C1=O. The molecule has 8 heteroatoms. The Morgan fingerprint density at radius 1 is 1.03 bits per heavy atom. The summed E-state index contributed by atoms with van der Waals surface area (Å²) in [6, 6.07) is 8.27. The maximum absolute atomic E-state index is 14.4. The third-order valence-corrected chi connectivity index (χ3v) is 8.32. The predicted octanol–water partition coefficient (Wildman–Crippen LogP) is 2.38. The highest BCUT2D eigenvalue weighted by Gasteiger charge is 2.72. The van der Waals surface area contributed by atoms with E-state index in [4.69, 9.17) is 4.74 Å². The molecule has 4 heterocycles. The topological polar surface area (TPSA) is 90.4 Å². The Balaban J connectivity index is 1.59. The number of aliphatic hydroxyl groups is 1. The molecule has 0 saturated carbocycles. The van der Waals surface area contributed by atoms with Crippen LogP contribution in [0.2, 0.25) is 0 Å². The summed E-state index contributed by atoms with van der Waals surface area (Å²) in [4.78, 5) is 47.7. The van der Waals surface area contributed by atoms with Crippen molar-refractivity contribution < 1.29 is 24.2 Å². The van der Waals surface area contributed by atoms with Crippen LogP contribution < -0.4 is 0 Å². The van der Waals surface area contributed by atoms with E-state index in [0.29, 0.717) is 32.6 Å². The number of hydrogen-bond donors (Lipinski definition) is 1. The van der Waals surface area contributed by atoms with Crippen molar-refractivity contribution in [1.82, 2.24) is 14.7 Å². The molecule has 4 aliphatic rings. The van der Waals surface area contributed by atoms with Crippen LogP contribution in [-0.4, -0.2) is 87.6 Å². The molecule has 2 saturated heterocycles. The van der Waals surface area contributed by atoms with Crippen LogP contribution in [0.5, 0.6) is 0 Å². The van der Waals surface area contributed by atoms with Crippen LogP contribution in [0.25, 0.3) is 0 Å². The number of carbonyl (C=O) groups is 3. The van der Waals surface area contributed by atoms with Gasteiger partial charge in [0.15, 0.2) is 0 Å². The maximum atomic E-state index is 14.4. The van der Waals surface area contributed by atoms with Gasteiger partial charge in [0.1, 0.15) is 11.6 Å². The average Bonchev–Trinajstić information content (AvgIpc) is 3.23. The Bertz CT molecular complexity index is 1120. The van der Waals surface area contributed by atoms with Crippen molar-refractivity contribution in [3.8, 4) is 0 Å². The standard InChI is InChI=1S/C30H39N3O5/c1-4-14-31-15-8-12-23-24(27(31)35)25-28(36)33(22(19-34)17-20(2)3)26-29(37)32(16-9-13-30(25,26)38-23)18-21-10-6-5-7-11-21/h5-13,20,22-26,34H,4,14-19H2,1-3H3/t22-,23+,24-,25+,26?,30+/m1/s1. The van der Waals surface area contributed by atoms with Crippen molar-refractivity contribution in [1.29, 1.82) is 0 Å². The molecule has 4 aliphatic heterocycles.